The molecule has 118 valence electrons. The van der Waals surface area contributed by atoms with E-state index >= 15 is 0 Å². The zero-order valence-corrected chi connectivity index (χ0v) is 14.7. The van der Waals surface area contributed by atoms with Gasteiger partial charge in [0.2, 0.25) is 0 Å². The Balaban J connectivity index is 1.86. The fourth-order valence-electron chi connectivity index (χ4n) is 3.11. The van der Waals surface area contributed by atoms with Crippen molar-refractivity contribution in [1.29, 1.82) is 0 Å². The van der Waals surface area contributed by atoms with Crippen molar-refractivity contribution in [3.63, 3.8) is 0 Å². The van der Waals surface area contributed by atoms with Crippen LogP contribution in [-0.4, -0.2) is 35.8 Å². The van der Waals surface area contributed by atoms with Crippen molar-refractivity contribution in [3.8, 4) is 11.5 Å². The summed E-state index contributed by atoms with van der Waals surface area (Å²) in [5, 5.41) is 0. The van der Waals surface area contributed by atoms with E-state index in [-0.39, 0.29) is 0 Å². The summed E-state index contributed by atoms with van der Waals surface area (Å²) in [6, 6.07) is 15.8. The number of hydrogen-bond donors (Lipinski definition) is 0. The van der Waals surface area contributed by atoms with Gasteiger partial charge in [0, 0.05) is 6.54 Å². The van der Waals surface area contributed by atoms with Crippen molar-refractivity contribution in [2.24, 2.45) is 0 Å². The summed E-state index contributed by atoms with van der Waals surface area (Å²) in [6.07, 6.45) is 1.04. The molecule has 2 aromatic carbocycles. The number of fused-ring (bicyclic) bond motifs is 1. The number of rotatable bonds is 5. The van der Waals surface area contributed by atoms with E-state index in [0.717, 1.165) is 36.1 Å². The zero-order chi connectivity index (χ0) is 16.2. The van der Waals surface area contributed by atoms with Crippen LogP contribution in [0.25, 0.3) is 0 Å². The summed E-state index contributed by atoms with van der Waals surface area (Å²) in [4.78, 5) is 2.37. The van der Waals surface area contributed by atoms with E-state index in [1.807, 2.05) is 18.2 Å². The molecule has 3 nitrogen and oxygen atoms in total. The minimum Gasteiger partial charge on any atom is -0.493 e. The van der Waals surface area contributed by atoms with Crippen LogP contribution >= 0.6 is 0 Å². The minimum absolute atomic E-state index is 0.382. The van der Waals surface area contributed by atoms with Gasteiger partial charge in [0.15, 0.2) is 11.5 Å². The maximum Gasteiger partial charge on any atom is 0.707 e. The van der Waals surface area contributed by atoms with Crippen LogP contribution in [0.4, 0.5) is 0 Å². The molecule has 2 radical (unpaired) electrons. The molecule has 4 heteroatoms. The summed E-state index contributed by atoms with van der Waals surface area (Å²) < 4.78 is 11.6. The summed E-state index contributed by atoms with van der Waals surface area (Å²) in [7, 11) is 7.55. The first-order valence-corrected chi connectivity index (χ1v) is 8.66. The molecule has 1 aliphatic rings. The number of nitrogens with zero attached hydrogens (tertiary/aromatic N) is 1. The van der Waals surface area contributed by atoms with Crippen LogP contribution in [0.5, 0.6) is 11.5 Å². The van der Waals surface area contributed by atoms with Gasteiger partial charge in [0.25, 0.3) is 0 Å². The lowest BCUT2D eigenvalue weighted by molar-refractivity contribution is 0.244. The van der Waals surface area contributed by atoms with Gasteiger partial charge in [-0.05, 0) is 42.3 Å². The monoisotopic (exact) mass is 324 g/mol. The number of likely N-dealkylation sites (N-methyl/N-ethyl adjacent to an activating group) is 1. The maximum atomic E-state index is 6.03. The van der Waals surface area contributed by atoms with Crippen molar-refractivity contribution in [1.82, 2.24) is 4.90 Å². The smallest absolute Gasteiger partial charge is 0.493 e. The lowest BCUT2D eigenvalue weighted by Gasteiger charge is -2.32. The molecule has 1 unspecified atom stereocenters. The quantitative estimate of drug-likeness (QED) is 0.787. The number of methoxy groups -OCH3 is 1. The average Bonchev–Trinajstić information content (AvgIpc) is 2.60. The van der Waals surface area contributed by atoms with Gasteiger partial charge in [-0.25, -0.2) is 0 Å². The Morgan fingerprint density at radius 3 is 2.65 bits per heavy atom. The first-order valence-electron chi connectivity index (χ1n) is 7.95. The molecule has 0 spiro atoms. The molecule has 0 fully saturated rings. The Morgan fingerprint density at radius 1 is 1.17 bits per heavy atom. The van der Waals surface area contributed by atoms with Crippen LogP contribution in [0.15, 0.2) is 42.5 Å². The van der Waals surface area contributed by atoms with Gasteiger partial charge < -0.3 is 9.47 Å². The highest BCUT2D eigenvalue weighted by Gasteiger charge is 2.29. The normalized spacial score (nSPS) is 17.6. The van der Waals surface area contributed by atoms with Gasteiger partial charge in [-0.2, -0.15) is 0 Å². The van der Waals surface area contributed by atoms with Crippen molar-refractivity contribution in [3.05, 3.63) is 59.2 Å². The van der Waals surface area contributed by atoms with Gasteiger partial charge >= 0.3 is 10.2 Å². The Morgan fingerprint density at radius 2 is 1.96 bits per heavy atom. The first-order chi connectivity index (χ1) is 11.2. The van der Waals surface area contributed by atoms with E-state index in [9.17, 15) is 0 Å². The van der Waals surface area contributed by atoms with Crippen LogP contribution in [0.2, 0.25) is 6.04 Å². The van der Waals surface area contributed by atoms with Crippen LogP contribution in [0.3, 0.4) is 0 Å². The van der Waals surface area contributed by atoms with Crippen molar-refractivity contribution in [2.75, 3.05) is 20.7 Å². The van der Waals surface area contributed by atoms with Crippen LogP contribution in [0, 0.1) is 0 Å². The third kappa shape index (κ3) is 3.43. The number of ether oxygens (including phenoxy) is 2. The van der Waals surface area contributed by atoms with E-state index in [0.29, 0.717) is 12.6 Å². The Labute approximate surface area is 141 Å². The third-order valence-corrected chi connectivity index (χ3v) is 4.87. The minimum atomic E-state index is 0.382. The van der Waals surface area contributed by atoms with Crippen molar-refractivity contribution in [2.45, 2.75) is 25.1 Å². The lowest BCUT2D eigenvalue weighted by Crippen LogP contribution is -2.32. The molecule has 2 aromatic rings. The van der Waals surface area contributed by atoms with Gasteiger partial charge in [0.05, 0.1) is 13.2 Å². The largest absolute Gasteiger partial charge is 0.707 e. The molecule has 0 bridgehead atoms. The molecule has 1 aliphatic heterocycles. The molecule has 1 atom stereocenters. The van der Waals surface area contributed by atoms with E-state index < -0.39 is 0 Å². The molecule has 0 saturated carbocycles. The van der Waals surface area contributed by atoms with E-state index in [1.54, 1.807) is 7.11 Å². The molecule has 3 rings (SSSR count). The van der Waals surface area contributed by atoms with Crippen LogP contribution < -0.4 is 9.47 Å². The summed E-state index contributed by atoms with van der Waals surface area (Å²) >= 11 is 0. The van der Waals surface area contributed by atoms with E-state index in [2.05, 4.69) is 46.5 Å². The maximum absolute atomic E-state index is 6.03. The van der Waals surface area contributed by atoms with Crippen LogP contribution in [0.1, 0.15) is 22.7 Å². The average molecular weight is 324 g/mol. The van der Waals surface area contributed by atoms with Gasteiger partial charge in [-0.1, -0.05) is 30.3 Å². The molecule has 0 amide bonds. The van der Waals surface area contributed by atoms with Gasteiger partial charge in [-0.3, -0.25) is 4.90 Å². The predicted molar refractivity (Wildman–Crippen MR) is 93.4 cm³/mol. The Hall–Kier alpha value is -1.78. The Kier molecular flexibility index (Phi) is 5.03. The Bertz CT molecular complexity index is 660. The molecule has 23 heavy (non-hydrogen) atoms. The summed E-state index contributed by atoms with van der Waals surface area (Å²) in [6.45, 7) is 1.62. The highest BCUT2D eigenvalue weighted by molar-refractivity contribution is 6.09. The summed E-state index contributed by atoms with van der Waals surface area (Å²) in [5.41, 5.74) is 3.85. The number of benzene rings is 2. The zero-order valence-electron chi connectivity index (χ0n) is 13.7. The molecule has 1 heterocycles. The molecule has 0 N–H and O–H groups in total. The number of hydrogen-bond acceptors (Lipinski definition) is 3. The first kappa shape index (κ1) is 16.1. The molecule has 0 saturated heterocycles. The predicted octanol–water partition coefficient (Wildman–Crippen LogP) is 3.39. The highest BCUT2D eigenvalue weighted by atomic mass is 28.1. The highest BCUT2D eigenvalue weighted by Crippen LogP contribution is 2.39. The summed E-state index contributed by atoms with van der Waals surface area (Å²) in [5.74, 6) is 1.63. The molecular formula is C19H22NO2Si+. The van der Waals surface area contributed by atoms with Gasteiger partial charge in [-0.15, -0.1) is 0 Å². The van der Waals surface area contributed by atoms with Crippen LogP contribution in [-0.2, 0) is 13.0 Å². The van der Waals surface area contributed by atoms with E-state index in [1.165, 1.54) is 11.1 Å². The molecular weight excluding hydrogens is 302 g/mol. The van der Waals surface area contributed by atoms with E-state index in [4.69, 9.17) is 9.47 Å². The van der Waals surface area contributed by atoms with Crippen molar-refractivity contribution >= 4 is 10.2 Å². The lowest BCUT2D eigenvalue weighted by atomic mass is 9.93. The molecule has 0 aliphatic carbocycles. The topological polar surface area (TPSA) is 21.7 Å². The second-order valence-corrected chi connectivity index (χ2v) is 6.33. The second-order valence-electron chi connectivity index (χ2n) is 5.93. The fourth-order valence-corrected chi connectivity index (χ4v) is 3.64. The van der Waals surface area contributed by atoms with Crippen molar-refractivity contribution < 1.29 is 9.47 Å². The third-order valence-electron chi connectivity index (χ3n) is 4.48. The fraction of sp³-hybridized carbons (Fsp3) is 0.368. The second kappa shape index (κ2) is 7.19. The molecule has 0 aromatic heterocycles. The van der Waals surface area contributed by atoms with Gasteiger partial charge in [0.1, 0.15) is 12.7 Å². The standard InChI is InChI=1S/C19H22NO2Si/c1-20-9-8-15-10-19(22-12-14-6-4-3-5-7-14)18(21-2)11-16(15)17(20)13-23/h3-7,10-11,17H,8-9,12-13H2,1-2H3/q+1. The SMILES string of the molecule is COc1cc2c(cc1OCc1ccccc1)CCN(C)C2C[Si+].